The third kappa shape index (κ3) is 5.56. The average molecular weight is 465 g/mol. The molecular weight excluding hydrogens is 440 g/mol. The molecule has 0 saturated heterocycles. The fourth-order valence-electron chi connectivity index (χ4n) is 3.10. The van der Waals surface area contributed by atoms with E-state index < -0.39 is 24.0 Å². The van der Waals surface area contributed by atoms with Crippen LogP contribution in [-0.4, -0.2) is 36.5 Å². The smallest absolute Gasteiger partial charge is 0.335 e. The van der Waals surface area contributed by atoms with Gasteiger partial charge in [-0.25, -0.2) is 4.79 Å². The van der Waals surface area contributed by atoms with Gasteiger partial charge in [0.2, 0.25) is 0 Å². The lowest BCUT2D eigenvalue weighted by molar-refractivity contribution is -0.161. The van der Waals surface area contributed by atoms with Crippen LogP contribution < -0.4 is 0 Å². The Morgan fingerprint density at radius 3 is 2.24 bits per heavy atom. The van der Waals surface area contributed by atoms with Crippen LogP contribution in [0.3, 0.4) is 0 Å². The lowest BCUT2D eigenvalue weighted by Crippen LogP contribution is -2.27. The van der Waals surface area contributed by atoms with Crippen molar-refractivity contribution in [1.29, 1.82) is 0 Å². The maximum atomic E-state index is 12.2. The second-order valence-electron chi connectivity index (χ2n) is 6.39. The van der Waals surface area contributed by atoms with E-state index >= 15 is 0 Å². The molecule has 1 aromatic rings. The molecule has 156 valence electrons. The monoisotopic (exact) mass is 464 g/mol. The molecule has 1 unspecified atom stereocenters. The number of hydrogen-bond acceptors (Lipinski definition) is 6. The van der Waals surface area contributed by atoms with Crippen LogP contribution in [-0.2, 0) is 28.6 Å². The molecule has 0 radical (unpaired) electrons. The molecule has 1 atom stereocenters. The molecule has 0 N–H and O–H groups in total. The standard InChI is InChI=1S/C22H25BrO6/c1-4-27-21(25)17(22(26)28-5-2)12-11-16(13-23)18-14(3)20(24)29-19(18)15-9-7-6-8-10-15/h6-11,17,19H,4-5,12-13H2,1-3H3/b16-11+. The summed E-state index contributed by atoms with van der Waals surface area (Å²) >= 11 is 3.46. The number of esters is 3. The number of carbonyl (C=O) groups is 3. The Morgan fingerprint density at radius 2 is 1.72 bits per heavy atom. The van der Waals surface area contributed by atoms with Crippen molar-refractivity contribution in [3.05, 3.63) is 58.7 Å². The SMILES string of the molecule is CCOC(=O)C(C/C=C(\CBr)C1=C(C)C(=O)OC1c1ccccc1)C(=O)OCC. The summed E-state index contributed by atoms with van der Waals surface area (Å²) in [6.07, 6.45) is 1.34. The Hall–Kier alpha value is -2.41. The first-order valence-electron chi connectivity index (χ1n) is 9.49. The summed E-state index contributed by atoms with van der Waals surface area (Å²) in [7, 11) is 0. The van der Waals surface area contributed by atoms with Crippen LogP contribution in [0.25, 0.3) is 0 Å². The van der Waals surface area contributed by atoms with Gasteiger partial charge in [0.1, 0.15) is 0 Å². The molecular formula is C22H25BrO6. The van der Waals surface area contributed by atoms with Crippen LogP contribution >= 0.6 is 15.9 Å². The van der Waals surface area contributed by atoms with Crippen LogP contribution in [0, 0.1) is 5.92 Å². The Labute approximate surface area is 179 Å². The molecule has 29 heavy (non-hydrogen) atoms. The first-order chi connectivity index (χ1) is 13.9. The molecule has 0 aromatic heterocycles. The fourth-order valence-corrected chi connectivity index (χ4v) is 3.63. The molecule has 6 nitrogen and oxygen atoms in total. The van der Waals surface area contributed by atoms with Crippen molar-refractivity contribution in [2.24, 2.45) is 5.92 Å². The van der Waals surface area contributed by atoms with Gasteiger partial charge in [-0.15, -0.1) is 0 Å². The lowest BCUT2D eigenvalue weighted by Gasteiger charge is -2.18. The topological polar surface area (TPSA) is 78.9 Å². The van der Waals surface area contributed by atoms with E-state index in [0.717, 1.165) is 16.7 Å². The van der Waals surface area contributed by atoms with Crippen molar-refractivity contribution in [3.63, 3.8) is 0 Å². The van der Waals surface area contributed by atoms with E-state index in [-0.39, 0.29) is 25.6 Å². The minimum atomic E-state index is -1.06. The van der Waals surface area contributed by atoms with Crippen LogP contribution in [0.15, 0.2) is 53.1 Å². The Bertz CT molecular complexity index is 794. The van der Waals surface area contributed by atoms with Gasteiger partial charge >= 0.3 is 17.9 Å². The number of hydrogen-bond donors (Lipinski definition) is 0. The van der Waals surface area contributed by atoms with Gasteiger partial charge in [0, 0.05) is 16.5 Å². The summed E-state index contributed by atoms with van der Waals surface area (Å²) in [4.78, 5) is 36.7. The first kappa shape index (κ1) is 22.9. The van der Waals surface area contributed by atoms with Crippen LogP contribution in [0.1, 0.15) is 38.9 Å². The van der Waals surface area contributed by atoms with Crippen LogP contribution in [0.5, 0.6) is 0 Å². The zero-order valence-corrected chi connectivity index (χ0v) is 18.4. The van der Waals surface area contributed by atoms with Gasteiger partial charge in [0.25, 0.3) is 0 Å². The zero-order valence-electron chi connectivity index (χ0n) is 16.8. The van der Waals surface area contributed by atoms with Crippen LogP contribution in [0.4, 0.5) is 0 Å². The third-order valence-corrected chi connectivity index (χ3v) is 5.14. The van der Waals surface area contributed by atoms with E-state index in [0.29, 0.717) is 10.9 Å². The second kappa shape index (κ2) is 11.0. The van der Waals surface area contributed by atoms with Gasteiger partial charge in [-0.05, 0) is 38.3 Å². The molecule has 1 aliphatic rings. The molecule has 0 amide bonds. The zero-order chi connectivity index (χ0) is 21.4. The normalized spacial score (nSPS) is 16.8. The highest BCUT2D eigenvalue weighted by Crippen LogP contribution is 2.40. The maximum Gasteiger partial charge on any atom is 0.335 e. The summed E-state index contributed by atoms with van der Waals surface area (Å²) in [6, 6.07) is 9.43. The number of rotatable bonds is 9. The third-order valence-electron chi connectivity index (χ3n) is 4.53. The molecule has 2 rings (SSSR count). The van der Waals surface area contributed by atoms with Crippen molar-refractivity contribution >= 4 is 33.8 Å². The number of carbonyl (C=O) groups excluding carboxylic acids is 3. The van der Waals surface area contributed by atoms with E-state index in [9.17, 15) is 14.4 Å². The number of ether oxygens (including phenoxy) is 3. The van der Waals surface area contributed by atoms with Gasteiger partial charge in [-0.2, -0.15) is 0 Å². The Kier molecular flexibility index (Phi) is 8.64. The highest BCUT2D eigenvalue weighted by Gasteiger charge is 2.35. The Balaban J connectivity index is 2.35. The summed E-state index contributed by atoms with van der Waals surface area (Å²) in [5, 5.41) is 0.429. The van der Waals surface area contributed by atoms with Crippen molar-refractivity contribution in [1.82, 2.24) is 0 Å². The molecule has 1 aromatic carbocycles. The Morgan fingerprint density at radius 1 is 1.14 bits per heavy atom. The minimum absolute atomic E-state index is 0.102. The number of benzene rings is 1. The van der Waals surface area contributed by atoms with Gasteiger partial charge in [-0.3, -0.25) is 9.59 Å². The van der Waals surface area contributed by atoms with Crippen molar-refractivity contribution in [3.8, 4) is 0 Å². The van der Waals surface area contributed by atoms with Crippen LogP contribution in [0.2, 0.25) is 0 Å². The molecule has 7 heteroatoms. The number of allylic oxidation sites excluding steroid dienone is 1. The van der Waals surface area contributed by atoms with Gasteiger partial charge in [-0.1, -0.05) is 52.3 Å². The fraction of sp³-hybridized carbons (Fsp3) is 0.409. The van der Waals surface area contributed by atoms with E-state index in [1.165, 1.54) is 0 Å². The summed E-state index contributed by atoms with van der Waals surface area (Å²) in [5.74, 6) is -2.69. The highest BCUT2D eigenvalue weighted by atomic mass is 79.9. The lowest BCUT2D eigenvalue weighted by atomic mass is 9.92. The molecule has 0 fully saturated rings. The highest BCUT2D eigenvalue weighted by molar-refractivity contribution is 9.09. The van der Waals surface area contributed by atoms with Crippen molar-refractivity contribution in [2.75, 3.05) is 18.5 Å². The van der Waals surface area contributed by atoms with Gasteiger partial charge < -0.3 is 14.2 Å². The molecule has 0 saturated carbocycles. The predicted octanol–water partition coefficient (Wildman–Crippen LogP) is 4.05. The van der Waals surface area contributed by atoms with E-state index in [2.05, 4.69) is 15.9 Å². The second-order valence-corrected chi connectivity index (χ2v) is 6.95. The quantitative estimate of drug-likeness (QED) is 0.237. The molecule has 0 aliphatic carbocycles. The minimum Gasteiger partial charge on any atom is -0.465 e. The van der Waals surface area contributed by atoms with Crippen molar-refractivity contribution in [2.45, 2.75) is 33.3 Å². The molecule has 0 spiro atoms. The van der Waals surface area contributed by atoms with Crippen molar-refractivity contribution < 1.29 is 28.6 Å². The van der Waals surface area contributed by atoms with E-state index in [1.54, 1.807) is 26.8 Å². The molecule has 1 aliphatic heterocycles. The van der Waals surface area contributed by atoms with E-state index in [1.807, 2.05) is 30.3 Å². The molecule has 0 bridgehead atoms. The first-order valence-corrected chi connectivity index (χ1v) is 10.6. The summed E-state index contributed by atoms with van der Waals surface area (Å²) in [6.45, 7) is 5.42. The predicted molar refractivity (Wildman–Crippen MR) is 111 cm³/mol. The number of alkyl halides is 1. The maximum absolute atomic E-state index is 12.2. The number of cyclic esters (lactones) is 1. The van der Waals surface area contributed by atoms with Gasteiger partial charge in [0.15, 0.2) is 12.0 Å². The van der Waals surface area contributed by atoms with Gasteiger partial charge in [0.05, 0.1) is 13.2 Å². The van der Waals surface area contributed by atoms with E-state index in [4.69, 9.17) is 14.2 Å². The summed E-state index contributed by atoms with van der Waals surface area (Å²) in [5.41, 5.74) is 2.88. The summed E-state index contributed by atoms with van der Waals surface area (Å²) < 4.78 is 15.6. The molecule has 1 heterocycles. The number of halogens is 1. The average Bonchev–Trinajstić information content (AvgIpc) is 3.01. The largest absolute Gasteiger partial charge is 0.465 e.